The molecule has 4 nitrogen and oxygen atoms in total. The van der Waals surface area contributed by atoms with E-state index in [-0.39, 0.29) is 5.69 Å². The molecule has 0 amide bonds. The number of halogens is 2. The van der Waals surface area contributed by atoms with E-state index in [1.54, 1.807) is 6.92 Å². The second-order valence-corrected chi connectivity index (χ2v) is 4.09. The van der Waals surface area contributed by atoms with Crippen LogP contribution in [0.1, 0.15) is 16.2 Å². The van der Waals surface area contributed by atoms with Gasteiger partial charge in [0.05, 0.1) is 17.3 Å². The second-order valence-electron chi connectivity index (χ2n) is 3.24. The van der Waals surface area contributed by atoms with Gasteiger partial charge in [-0.25, -0.2) is 14.2 Å². The van der Waals surface area contributed by atoms with Crippen LogP contribution in [0.2, 0.25) is 0 Å². The number of ether oxygens (including phenoxy) is 1. The topological polar surface area (TPSA) is 43.6 Å². The summed E-state index contributed by atoms with van der Waals surface area (Å²) in [6.45, 7) is 1.67. The Morgan fingerprint density at radius 2 is 2.31 bits per heavy atom. The number of pyridine rings is 1. The van der Waals surface area contributed by atoms with Crippen LogP contribution in [0.3, 0.4) is 0 Å². The van der Waals surface area contributed by atoms with Crippen molar-refractivity contribution in [2.45, 2.75) is 6.92 Å². The Balaban J connectivity index is 2.83. The number of carbonyl (C=O) groups is 1. The van der Waals surface area contributed by atoms with Crippen molar-refractivity contribution in [1.29, 1.82) is 0 Å². The Morgan fingerprint density at radius 1 is 1.62 bits per heavy atom. The van der Waals surface area contributed by atoms with Gasteiger partial charge in [0.2, 0.25) is 0 Å². The minimum Gasteiger partial charge on any atom is -0.464 e. The van der Waals surface area contributed by atoms with Gasteiger partial charge in [0.15, 0.2) is 11.3 Å². The van der Waals surface area contributed by atoms with E-state index in [4.69, 9.17) is 0 Å². The summed E-state index contributed by atoms with van der Waals surface area (Å²) in [4.78, 5) is 15.7. The highest BCUT2D eigenvalue weighted by molar-refractivity contribution is 9.10. The zero-order chi connectivity index (χ0) is 11.9. The second kappa shape index (κ2) is 3.86. The maximum atomic E-state index is 13.2. The van der Waals surface area contributed by atoms with E-state index < -0.39 is 11.8 Å². The van der Waals surface area contributed by atoms with Crippen LogP contribution in [0.25, 0.3) is 5.65 Å². The van der Waals surface area contributed by atoms with Crippen molar-refractivity contribution in [3.63, 3.8) is 0 Å². The molecule has 16 heavy (non-hydrogen) atoms. The first-order valence-electron chi connectivity index (χ1n) is 4.46. The number of imidazole rings is 1. The lowest BCUT2D eigenvalue weighted by Gasteiger charge is -2.01. The summed E-state index contributed by atoms with van der Waals surface area (Å²) in [7, 11) is 1.27. The molecule has 2 rings (SSSR count). The Kier molecular flexibility index (Phi) is 2.67. The average Bonchev–Trinajstić information content (AvgIpc) is 2.54. The molecule has 0 saturated heterocycles. The Labute approximate surface area is 99.2 Å². The minimum absolute atomic E-state index is 0.234. The molecule has 0 aliphatic rings. The van der Waals surface area contributed by atoms with Crippen LogP contribution < -0.4 is 0 Å². The molecular weight excluding hydrogens is 279 g/mol. The molecule has 0 aliphatic carbocycles. The molecule has 0 aromatic carbocycles. The summed E-state index contributed by atoms with van der Waals surface area (Å²) < 4.78 is 19.7. The van der Waals surface area contributed by atoms with E-state index in [2.05, 4.69) is 25.7 Å². The number of nitrogens with zero attached hydrogens (tertiary/aromatic N) is 2. The lowest BCUT2D eigenvalue weighted by molar-refractivity contribution is 0.0592. The molecular formula is C10H8BrFN2O2. The fourth-order valence-electron chi connectivity index (χ4n) is 1.53. The number of methoxy groups -OCH3 is 1. The molecule has 2 heterocycles. The molecule has 0 unspecified atom stereocenters. The molecule has 0 radical (unpaired) electrons. The van der Waals surface area contributed by atoms with E-state index >= 15 is 0 Å². The number of aryl methyl sites for hydroxylation is 1. The lowest BCUT2D eigenvalue weighted by atomic mass is 10.3. The van der Waals surface area contributed by atoms with Gasteiger partial charge in [-0.1, -0.05) is 0 Å². The van der Waals surface area contributed by atoms with Crippen molar-refractivity contribution in [3.8, 4) is 0 Å². The van der Waals surface area contributed by atoms with E-state index in [9.17, 15) is 9.18 Å². The Morgan fingerprint density at radius 3 is 2.94 bits per heavy atom. The van der Waals surface area contributed by atoms with Gasteiger partial charge < -0.3 is 4.74 Å². The Hall–Kier alpha value is -1.43. The maximum absolute atomic E-state index is 13.2. The quantitative estimate of drug-likeness (QED) is 0.756. The van der Waals surface area contributed by atoms with Crippen LogP contribution in [0.5, 0.6) is 0 Å². The summed E-state index contributed by atoms with van der Waals surface area (Å²) in [5.41, 5.74) is 1.22. The van der Waals surface area contributed by atoms with E-state index in [0.717, 1.165) is 0 Å². The number of aromatic nitrogens is 2. The summed E-state index contributed by atoms with van der Waals surface area (Å²) in [6, 6.07) is 1.29. The van der Waals surface area contributed by atoms with Gasteiger partial charge in [0, 0.05) is 6.20 Å². The van der Waals surface area contributed by atoms with Gasteiger partial charge in [-0.2, -0.15) is 0 Å². The molecule has 0 aliphatic heterocycles. The van der Waals surface area contributed by atoms with E-state index in [0.29, 0.717) is 15.8 Å². The standard InChI is InChI=1S/C10H8BrFN2O2/c1-5-8(10(15)16-2)14-4-6(12)3-7(11)9(14)13-5/h3-4H,1-2H3. The SMILES string of the molecule is COC(=O)c1c(C)nc2c(Br)cc(F)cn12. The average molecular weight is 287 g/mol. The highest BCUT2D eigenvalue weighted by Crippen LogP contribution is 2.22. The van der Waals surface area contributed by atoms with Gasteiger partial charge in [-0.05, 0) is 28.9 Å². The lowest BCUT2D eigenvalue weighted by Crippen LogP contribution is -2.07. The monoisotopic (exact) mass is 286 g/mol. The molecule has 0 spiro atoms. The van der Waals surface area contributed by atoms with Gasteiger partial charge in [-0.3, -0.25) is 4.40 Å². The fourth-order valence-corrected chi connectivity index (χ4v) is 2.03. The molecule has 0 bridgehead atoms. The van der Waals surface area contributed by atoms with E-state index in [1.807, 2.05) is 0 Å². The normalized spacial score (nSPS) is 10.8. The third-order valence-electron chi connectivity index (χ3n) is 2.19. The van der Waals surface area contributed by atoms with Gasteiger partial charge in [-0.15, -0.1) is 0 Å². The predicted molar refractivity (Wildman–Crippen MR) is 58.9 cm³/mol. The number of hydrogen-bond acceptors (Lipinski definition) is 3. The summed E-state index contributed by atoms with van der Waals surface area (Å²) in [5, 5.41) is 0. The zero-order valence-electron chi connectivity index (χ0n) is 8.62. The number of rotatable bonds is 1. The molecule has 2 aromatic heterocycles. The minimum atomic E-state index is -0.539. The van der Waals surface area contributed by atoms with Crippen LogP contribution in [0, 0.1) is 12.7 Å². The van der Waals surface area contributed by atoms with Crippen molar-refractivity contribution in [2.24, 2.45) is 0 Å². The van der Waals surface area contributed by atoms with Crippen LogP contribution in [0.15, 0.2) is 16.7 Å². The molecule has 84 valence electrons. The molecule has 0 atom stereocenters. The number of hydrogen-bond donors (Lipinski definition) is 0. The predicted octanol–water partition coefficient (Wildman–Crippen LogP) is 2.33. The van der Waals surface area contributed by atoms with Gasteiger partial charge in [0.25, 0.3) is 0 Å². The smallest absolute Gasteiger partial charge is 0.356 e. The molecule has 0 N–H and O–H groups in total. The summed E-state index contributed by atoms with van der Waals surface area (Å²) in [6.07, 6.45) is 1.20. The largest absolute Gasteiger partial charge is 0.464 e. The molecule has 6 heteroatoms. The number of fused-ring (bicyclic) bond motifs is 1. The van der Waals surface area contributed by atoms with Gasteiger partial charge >= 0.3 is 5.97 Å². The first kappa shape index (κ1) is 11.1. The first-order valence-corrected chi connectivity index (χ1v) is 5.26. The van der Waals surface area contributed by atoms with Crippen LogP contribution >= 0.6 is 15.9 Å². The van der Waals surface area contributed by atoms with Crippen molar-refractivity contribution < 1.29 is 13.9 Å². The first-order chi connectivity index (χ1) is 7.54. The Bertz CT molecular complexity index is 580. The van der Waals surface area contributed by atoms with E-state index in [1.165, 1.54) is 23.8 Å². The van der Waals surface area contributed by atoms with Crippen LogP contribution in [-0.2, 0) is 4.74 Å². The fraction of sp³-hybridized carbons (Fsp3) is 0.200. The molecule has 0 saturated carbocycles. The highest BCUT2D eigenvalue weighted by atomic mass is 79.9. The third kappa shape index (κ3) is 1.59. The molecule has 2 aromatic rings. The zero-order valence-corrected chi connectivity index (χ0v) is 10.2. The third-order valence-corrected chi connectivity index (χ3v) is 2.78. The summed E-state index contributed by atoms with van der Waals surface area (Å²) in [5.74, 6) is -0.996. The van der Waals surface area contributed by atoms with Crippen molar-refractivity contribution >= 4 is 27.5 Å². The summed E-state index contributed by atoms with van der Waals surface area (Å²) >= 11 is 3.19. The van der Waals surface area contributed by atoms with Crippen molar-refractivity contribution in [3.05, 3.63) is 33.9 Å². The number of carbonyl (C=O) groups excluding carboxylic acids is 1. The maximum Gasteiger partial charge on any atom is 0.356 e. The highest BCUT2D eigenvalue weighted by Gasteiger charge is 2.18. The van der Waals surface area contributed by atoms with Crippen molar-refractivity contribution in [1.82, 2.24) is 9.38 Å². The van der Waals surface area contributed by atoms with Gasteiger partial charge in [0.1, 0.15) is 5.82 Å². The van der Waals surface area contributed by atoms with Crippen LogP contribution in [-0.4, -0.2) is 22.5 Å². The number of esters is 1. The molecule has 0 fully saturated rings. The van der Waals surface area contributed by atoms with Crippen LogP contribution in [0.4, 0.5) is 4.39 Å². The van der Waals surface area contributed by atoms with Crippen molar-refractivity contribution in [2.75, 3.05) is 7.11 Å².